The number of aromatic nitrogens is 2. The fourth-order valence-corrected chi connectivity index (χ4v) is 2.69. The van der Waals surface area contributed by atoms with Crippen LogP contribution in [0.1, 0.15) is 0 Å². The highest BCUT2D eigenvalue weighted by Gasteiger charge is 2.31. The third-order valence-corrected chi connectivity index (χ3v) is 4.01. The Bertz CT molecular complexity index is 1100. The minimum Gasteiger partial charge on any atom is -0.495 e. The zero-order chi connectivity index (χ0) is 22.6. The predicted octanol–water partition coefficient (Wildman–Crippen LogP) is 5.43. The Morgan fingerprint density at radius 3 is 2.29 bits per heavy atom. The van der Waals surface area contributed by atoms with Gasteiger partial charge in [0.25, 0.3) is 0 Å². The first kappa shape index (κ1) is 21.9. The molecule has 0 spiro atoms. The number of nitro groups is 1. The van der Waals surface area contributed by atoms with Crippen molar-refractivity contribution >= 4 is 40.3 Å². The number of halogens is 4. The molecule has 2 aromatic carbocycles. The highest BCUT2D eigenvalue weighted by Crippen LogP contribution is 2.36. The average Bonchev–Trinajstić information content (AvgIpc) is 2.68. The summed E-state index contributed by atoms with van der Waals surface area (Å²) in [6, 6.07) is 9.26. The second kappa shape index (κ2) is 8.92. The van der Waals surface area contributed by atoms with E-state index >= 15 is 0 Å². The molecule has 1 aromatic heterocycles. The maximum absolute atomic E-state index is 12.3. The lowest BCUT2D eigenvalue weighted by Gasteiger charge is -2.13. The van der Waals surface area contributed by atoms with E-state index in [1.807, 2.05) is 0 Å². The van der Waals surface area contributed by atoms with Gasteiger partial charge in [0.15, 0.2) is 0 Å². The summed E-state index contributed by atoms with van der Waals surface area (Å²) in [5.74, 6) is -0.411. The number of anilines is 4. The lowest BCUT2D eigenvalue weighted by molar-refractivity contribution is -0.383. The molecule has 1 heterocycles. The van der Waals surface area contributed by atoms with E-state index in [0.29, 0.717) is 16.5 Å². The Labute approximate surface area is 177 Å². The van der Waals surface area contributed by atoms with Crippen LogP contribution in [0.4, 0.5) is 41.9 Å². The van der Waals surface area contributed by atoms with Crippen LogP contribution in [0.3, 0.4) is 0 Å². The molecular formula is C18H13ClF3N5O4. The first-order chi connectivity index (χ1) is 14.7. The van der Waals surface area contributed by atoms with Crippen LogP contribution in [-0.2, 0) is 0 Å². The first-order valence-corrected chi connectivity index (χ1v) is 8.77. The number of benzene rings is 2. The number of alkyl halides is 3. The van der Waals surface area contributed by atoms with Gasteiger partial charge in [-0.3, -0.25) is 10.1 Å². The van der Waals surface area contributed by atoms with Gasteiger partial charge in [0.05, 0.1) is 17.7 Å². The summed E-state index contributed by atoms with van der Waals surface area (Å²) in [6.07, 6.45) is -3.75. The van der Waals surface area contributed by atoms with Gasteiger partial charge in [-0.05, 0) is 42.5 Å². The van der Waals surface area contributed by atoms with E-state index in [0.717, 1.165) is 18.5 Å². The number of rotatable bonds is 7. The fourth-order valence-electron chi connectivity index (χ4n) is 2.52. The van der Waals surface area contributed by atoms with E-state index in [1.54, 1.807) is 12.1 Å². The molecule has 0 saturated carbocycles. The highest BCUT2D eigenvalue weighted by atomic mass is 35.5. The molecular weight excluding hydrogens is 443 g/mol. The molecule has 0 aliphatic heterocycles. The van der Waals surface area contributed by atoms with Gasteiger partial charge in [0.1, 0.15) is 17.8 Å². The molecule has 3 aromatic rings. The number of methoxy groups -OCH3 is 1. The van der Waals surface area contributed by atoms with Gasteiger partial charge < -0.3 is 20.1 Å². The largest absolute Gasteiger partial charge is 0.573 e. The number of nitrogens with one attached hydrogen (secondary N) is 2. The Morgan fingerprint density at radius 1 is 1.06 bits per heavy atom. The van der Waals surface area contributed by atoms with Gasteiger partial charge in [-0.1, -0.05) is 11.6 Å². The summed E-state index contributed by atoms with van der Waals surface area (Å²) in [6.45, 7) is 0. The van der Waals surface area contributed by atoms with Gasteiger partial charge in [-0.2, -0.15) is 0 Å². The minimum absolute atomic E-state index is 0.153. The Hall–Kier alpha value is -3.80. The summed E-state index contributed by atoms with van der Waals surface area (Å²) in [5, 5.41) is 17.5. The molecule has 0 atom stereocenters. The maximum atomic E-state index is 12.3. The van der Waals surface area contributed by atoms with Crippen LogP contribution < -0.4 is 20.1 Å². The molecule has 0 amide bonds. The average molecular weight is 456 g/mol. The lowest BCUT2D eigenvalue weighted by atomic mass is 10.2. The highest BCUT2D eigenvalue weighted by molar-refractivity contribution is 6.31. The zero-order valence-corrected chi connectivity index (χ0v) is 16.4. The lowest BCUT2D eigenvalue weighted by Crippen LogP contribution is -2.17. The van der Waals surface area contributed by atoms with Crippen LogP contribution in [0, 0.1) is 10.1 Å². The summed E-state index contributed by atoms with van der Waals surface area (Å²) in [4.78, 5) is 18.8. The number of hydrogen-bond donors (Lipinski definition) is 2. The SMILES string of the molecule is COc1ccc(Cl)cc1Nc1ncnc(Nc2ccc(OC(F)(F)F)cc2)c1[N+](=O)[O-]. The van der Waals surface area contributed by atoms with Crippen molar-refractivity contribution in [3.63, 3.8) is 0 Å². The summed E-state index contributed by atoms with van der Waals surface area (Å²) >= 11 is 5.98. The van der Waals surface area contributed by atoms with Gasteiger partial charge in [0, 0.05) is 10.7 Å². The molecule has 31 heavy (non-hydrogen) atoms. The van der Waals surface area contributed by atoms with Crippen LogP contribution in [-0.4, -0.2) is 28.4 Å². The van der Waals surface area contributed by atoms with Gasteiger partial charge in [-0.15, -0.1) is 13.2 Å². The Balaban J connectivity index is 1.91. The van der Waals surface area contributed by atoms with Crippen molar-refractivity contribution in [3.8, 4) is 11.5 Å². The summed E-state index contributed by atoms with van der Waals surface area (Å²) in [5.41, 5.74) is 0.0687. The van der Waals surface area contributed by atoms with Crippen LogP contribution in [0.2, 0.25) is 5.02 Å². The van der Waals surface area contributed by atoms with E-state index in [2.05, 4.69) is 25.3 Å². The third-order valence-electron chi connectivity index (χ3n) is 3.77. The molecule has 0 unspecified atom stereocenters. The molecule has 0 bridgehead atoms. The minimum atomic E-state index is -4.83. The normalized spacial score (nSPS) is 11.0. The predicted molar refractivity (Wildman–Crippen MR) is 106 cm³/mol. The molecule has 0 aliphatic carbocycles. The monoisotopic (exact) mass is 455 g/mol. The molecule has 162 valence electrons. The van der Waals surface area contributed by atoms with E-state index in [9.17, 15) is 23.3 Å². The first-order valence-electron chi connectivity index (χ1n) is 8.39. The molecule has 0 saturated heterocycles. The van der Waals surface area contributed by atoms with Crippen LogP contribution >= 0.6 is 11.6 Å². The zero-order valence-electron chi connectivity index (χ0n) is 15.6. The van der Waals surface area contributed by atoms with E-state index in [1.165, 1.54) is 25.3 Å². The molecule has 0 fully saturated rings. The topological polar surface area (TPSA) is 111 Å². The Morgan fingerprint density at radius 2 is 1.71 bits per heavy atom. The van der Waals surface area contributed by atoms with Crippen molar-refractivity contribution in [1.82, 2.24) is 9.97 Å². The van der Waals surface area contributed by atoms with Crippen molar-refractivity contribution in [2.45, 2.75) is 6.36 Å². The number of hydrogen-bond acceptors (Lipinski definition) is 8. The smallest absolute Gasteiger partial charge is 0.495 e. The second-order valence-corrected chi connectivity index (χ2v) is 6.28. The van der Waals surface area contributed by atoms with Gasteiger partial charge in [0.2, 0.25) is 11.6 Å². The van der Waals surface area contributed by atoms with Crippen molar-refractivity contribution < 1.29 is 27.6 Å². The van der Waals surface area contributed by atoms with Crippen molar-refractivity contribution in [2.75, 3.05) is 17.7 Å². The summed E-state index contributed by atoms with van der Waals surface area (Å²) in [7, 11) is 1.42. The number of ether oxygens (including phenoxy) is 2. The number of nitrogens with zero attached hydrogens (tertiary/aromatic N) is 3. The van der Waals surface area contributed by atoms with Crippen molar-refractivity contribution in [1.29, 1.82) is 0 Å². The van der Waals surface area contributed by atoms with E-state index < -0.39 is 22.7 Å². The molecule has 3 rings (SSSR count). The molecule has 0 aliphatic rings. The quantitative estimate of drug-likeness (QED) is 0.358. The van der Waals surface area contributed by atoms with E-state index in [4.69, 9.17) is 16.3 Å². The van der Waals surface area contributed by atoms with Crippen molar-refractivity contribution in [3.05, 3.63) is 63.9 Å². The van der Waals surface area contributed by atoms with E-state index in [-0.39, 0.29) is 17.3 Å². The van der Waals surface area contributed by atoms with Gasteiger partial charge >= 0.3 is 12.0 Å². The summed E-state index contributed by atoms with van der Waals surface area (Å²) < 4.78 is 45.8. The second-order valence-electron chi connectivity index (χ2n) is 5.84. The Kier molecular flexibility index (Phi) is 6.30. The fraction of sp³-hybridized carbons (Fsp3) is 0.111. The maximum Gasteiger partial charge on any atom is 0.573 e. The third kappa shape index (κ3) is 5.63. The van der Waals surface area contributed by atoms with Crippen LogP contribution in [0.5, 0.6) is 11.5 Å². The van der Waals surface area contributed by atoms with Gasteiger partial charge in [-0.25, -0.2) is 9.97 Å². The molecule has 2 N–H and O–H groups in total. The van der Waals surface area contributed by atoms with Crippen LogP contribution in [0.15, 0.2) is 48.8 Å². The molecule has 13 heteroatoms. The van der Waals surface area contributed by atoms with Crippen molar-refractivity contribution in [2.24, 2.45) is 0 Å². The molecule has 0 radical (unpaired) electrons. The standard InChI is InChI=1S/C18H13ClF3N5O4/c1-30-14-7-2-10(19)8-13(14)26-17-15(27(28)29)16(23-9-24-17)25-11-3-5-12(6-4-11)31-18(20,21)22/h2-9H,1H3,(H2,23,24,25,26). The molecule has 9 nitrogen and oxygen atoms in total. The van der Waals surface area contributed by atoms with Crippen LogP contribution in [0.25, 0.3) is 0 Å².